The van der Waals surface area contributed by atoms with Gasteiger partial charge < -0.3 is 20.6 Å². The third-order valence-corrected chi connectivity index (χ3v) is 8.06. The molecule has 43 heavy (non-hydrogen) atoms. The second kappa shape index (κ2) is 15.0. The van der Waals surface area contributed by atoms with Crippen LogP contribution in [0.3, 0.4) is 0 Å². The van der Waals surface area contributed by atoms with Crippen LogP contribution < -0.4 is 10.6 Å². The van der Waals surface area contributed by atoms with Crippen LogP contribution in [0.15, 0.2) is 72.2 Å². The molecule has 4 rings (SSSR count). The summed E-state index contributed by atoms with van der Waals surface area (Å²) in [6.45, 7) is 6.60. The summed E-state index contributed by atoms with van der Waals surface area (Å²) in [4.78, 5) is 36.4. The van der Waals surface area contributed by atoms with Crippen LogP contribution in [0.4, 0.5) is 4.39 Å². The van der Waals surface area contributed by atoms with Gasteiger partial charge in [-0.1, -0.05) is 50.2 Å². The standard InChI is InChI=1S/C33H38FN5O3S/c1-21(2)26-15-27(31(34)36-17-26)16-35-18-29(40)28(13-23-9-6-5-7-10-23)38-32(41)24-11-8-12-25(14-24)33(42)39(4)19-30-37-22(3)20-43-30/h5-12,14-15,17,20-21,28-29,35,40H,13,16,18-19H2,1-4H3,(H,38,41)/t28-,29+/m0/s1. The zero-order chi connectivity index (χ0) is 30.9. The van der Waals surface area contributed by atoms with E-state index >= 15 is 0 Å². The summed E-state index contributed by atoms with van der Waals surface area (Å²) < 4.78 is 14.3. The zero-order valence-corrected chi connectivity index (χ0v) is 25.7. The Labute approximate surface area is 256 Å². The van der Waals surface area contributed by atoms with Gasteiger partial charge in [-0.15, -0.1) is 11.3 Å². The van der Waals surface area contributed by atoms with E-state index in [1.54, 1.807) is 42.3 Å². The molecule has 226 valence electrons. The smallest absolute Gasteiger partial charge is 0.253 e. The lowest BCUT2D eigenvalue weighted by Gasteiger charge is -2.25. The predicted octanol–water partition coefficient (Wildman–Crippen LogP) is 4.87. The van der Waals surface area contributed by atoms with Crippen molar-refractivity contribution in [3.8, 4) is 0 Å². The maximum Gasteiger partial charge on any atom is 0.253 e. The molecule has 2 aromatic carbocycles. The number of rotatable bonds is 13. The number of aliphatic hydroxyl groups excluding tert-OH is 1. The monoisotopic (exact) mass is 603 g/mol. The first kappa shape index (κ1) is 31.9. The Morgan fingerprint density at radius 1 is 1.07 bits per heavy atom. The van der Waals surface area contributed by atoms with Gasteiger partial charge in [-0.05, 0) is 54.7 Å². The van der Waals surface area contributed by atoms with Gasteiger partial charge >= 0.3 is 0 Å². The van der Waals surface area contributed by atoms with Crippen molar-refractivity contribution < 1.29 is 19.1 Å². The number of nitrogens with zero attached hydrogens (tertiary/aromatic N) is 3. The number of amides is 2. The van der Waals surface area contributed by atoms with Crippen LogP contribution >= 0.6 is 11.3 Å². The van der Waals surface area contributed by atoms with Crippen molar-refractivity contribution in [1.29, 1.82) is 0 Å². The largest absolute Gasteiger partial charge is 0.390 e. The summed E-state index contributed by atoms with van der Waals surface area (Å²) in [7, 11) is 1.70. The van der Waals surface area contributed by atoms with E-state index in [9.17, 15) is 19.1 Å². The fraction of sp³-hybridized carbons (Fsp3) is 0.333. The van der Waals surface area contributed by atoms with Gasteiger partial charge in [0.15, 0.2) is 0 Å². The molecule has 0 aliphatic rings. The molecule has 0 spiro atoms. The topological polar surface area (TPSA) is 107 Å². The molecule has 8 nitrogen and oxygen atoms in total. The third-order valence-electron chi connectivity index (χ3n) is 7.11. The van der Waals surface area contributed by atoms with E-state index in [1.165, 1.54) is 17.5 Å². The molecule has 2 heterocycles. The number of nitrogens with one attached hydrogen (secondary N) is 2. The first-order valence-electron chi connectivity index (χ1n) is 14.2. The fourth-order valence-corrected chi connectivity index (χ4v) is 5.44. The van der Waals surface area contributed by atoms with Crippen molar-refractivity contribution in [2.75, 3.05) is 13.6 Å². The van der Waals surface area contributed by atoms with Crippen LogP contribution in [0.5, 0.6) is 0 Å². The summed E-state index contributed by atoms with van der Waals surface area (Å²) in [5.74, 6) is -0.981. The molecule has 2 amide bonds. The number of carbonyl (C=O) groups is 2. The van der Waals surface area contributed by atoms with Crippen molar-refractivity contribution in [3.05, 3.63) is 117 Å². The number of hydrogen-bond acceptors (Lipinski definition) is 7. The molecule has 4 aromatic rings. The van der Waals surface area contributed by atoms with E-state index in [-0.39, 0.29) is 24.9 Å². The third kappa shape index (κ3) is 9.00. The quantitative estimate of drug-likeness (QED) is 0.188. The Morgan fingerprint density at radius 3 is 2.51 bits per heavy atom. The van der Waals surface area contributed by atoms with E-state index in [4.69, 9.17) is 0 Å². The van der Waals surface area contributed by atoms with Crippen LogP contribution in [-0.2, 0) is 19.5 Å². The predicted molar refractivity (Wildman–Crippen MR) is 166 cm³/mol. The highest BCUT2D eigenvalue weighted by molar-refractivity contribution is 7.09. The summed E-state index contributed by atoms with van der Waals surface area (Å²) >= 11 is 1.50. The van der Waals surface area contributed by atoms with E-state index in [0.29, 0.717) is 29.7 Å². The van der Waals surface area contributed by atoms with Crippen molar-refractivity contribution in [2.24, 2.45) is 0 Å². The summed E-state index contributed by atoms with van der Waals surface area (Å²) in [6.07, 6.45) is 0.931. The number of aryl methyl sites for hydroxylation is 1. The molecular weight excluding hydrogens is 565 g/mol. The normalized spacial score (nSPS) is 12.6. The Balaban J connectivity index is 1.44. The van der Waals surface area contributed by atoms with Gasteiger partial charge in [-0.3, -0.25) is 9.59 Å². The SMILES string of the molecule is Cc1csc(CN(C)C(=O)c2cccc(C(=O)N[C@@H](Cc3ccccc3)[C@H](O)CNCc3cc(C(C)C)cnc3F)c2)n1. The Morgan fingerprint density at radius 2 is 1.81 bits per heavy atom. The minimum atomic E-state index is -0.980. The second-order valence-electron chi connectivity index (χ2n) is 11.0. The molecular formula is C33H38FN5O3S. The maximum atomic E-state index is 14.3. The molecule has 0 saturated heterocycles. The van der Waals surface area contributed by atoms with E-state index < -0.39 is 24.0 Å². The number of benzene rings is 2. The molecule has 10 heteroatoms. The molecule has 0 radical (unpaired) electrons. The lowest BCUT2D eigenvalue weighted by atomic mass is 10.00. The van der Waals surface area contributed by atoms with Crippen molar-refractivity contribution in [1.82, 2.24) is 25.5 Å². The highest BCUT2D eigenvalue weighted by Crippen LogP contribution is 2.17. The molecule has 0 aliphatic heterocycles. The van der Waals surface area contributed by atoms with Gasteiger partial charge in [0.2, 0.25) is 5.95 Å². The lowest BCUT2D eigenvalue weighted by Crippen LogP contribution is -2.48. The lowest BCUT2D eigenvalue weighted by molar-refractivity contribution is 0.0784. The van der Waals surface area contributed by atoms with Crippen LogP contribution in [0.1, 0.15) is 67.9 Å². The van der Waals surface area contributed by atoms with Crippen molar-refractivity contribution in [2.45, 2.75) is 58.3 Å². The van der Waals surface area contributed by atoms with E-state index in [2.05, 4.69) is 20.6 Å². The molecule has 2 aromatic heterocycles. The van der Waals surface area contributed by atoms with Crippen molar-refractivity contribution in [3.63, 3.8) is 0 Å². The molecule has 0 bridgehead atoms. The maximum absolute atomic E-state index is 14.3. The Hall–Kier alpha value is -3.99. The minimum absolute atomic E-state index is 0.114. The number of aromatic nitrogens is 2. The molecule has 0 aliphatic carbocycles. The van der Waals surface area contributed by atoms with Gasteiger partial charge in [0.25, 0.3) is 11.8 Å². The summed E-state index contributed by atoms with van der Waals surface area (Å²) in [6, 6.07) is 17.2. The van der Waals surface area contributed by atoms with Gasteiger partial charge in [0.1, 0.15) is 5.01 Å². The van der Waals surface area contributed by atoms with E-state index in [1.807, 2.05) is 56.5 Å². The van der Waals surface area contributed by atoms with Crippen LogP contribution in [0.25, 0.3) is 0 Å². The highest BCUT2D eigenvalue weighted by Gasteiger charge is 2.23. The zero-order valence-electron chi connectivity index (χ0n) is 24.9. The fourth-order valence-electron chi connectivity index (χ4n) is 4.62. The van der Waals surface area contributed by atoms with Crippen LogP contribution in [0.2, 0.25) is 0 Å². The first-order chi connectivity index (χ1) is 20.6. The minimum Gasteiger partial charge on any atom is -0.390 e. The number of carbonyl (C=O) groups excluding carboxylic acids is 2. The summed E-state index contributed by atoms with van der Waals surface area (Å²) in [5.41, 5.74) is 3.88. The second-order valence-corrected chi connectivity index (χ2v) is 11.9. The Bertz CT molecular complexity index is 1530. The van der Waals surface area contributed by atoms with Gasteiger partial charge in [-0.25, -0.2) is 9.97 Å². The average Bonchev–Trinajstić information content (AvgIpc) is 3.41. The summed E-state index contributed by atoms with van der Waals surface area (Å²) in [5, 5.41) is 20.0. The van der Waals surface area contributed by atoms with Gasteiger partial charge in [0, 0.05) is 54.1 Å². The number of aliphatic hydroxyl groups is 1. The molecule has 0 unspecified atom stereocenters. The van der Waals surface area contributed by atoms with E-state index in [0.717, 1.165) is 21.8 Å². The Kier molecular flexibility index (Phi) is 11.1. The van der Waals surface area contributed by atoms with Gasteiger partial charge in [-0.2, -0.15) is 4.39 Å². The number of halogens is 1. The molecule has 3 N–H and O–H groups in total. The molecule has 0 fully saturated rings. The number of thiazole rings is 1. The molecule has 0 saturated carbocycles. The first-order valence-corrected chi connectivity index (χ1v) is 15.1. The highest BCUT2D eigenvalue weighted by atomic mass is 32.1. The number of pyridine rings is 1. The average molecular weight is 604 g/mol. The van der Waals surface area contributed by atoms with Crippen molar-refractivity contribution >= 4 is 23.2 Å². The van der Waals surface area contributed by atoms with Crippen LogP contribution in [0, 0.1) is 12.9 Å². The number of hydrogen-bond donors (Lipinski definition) is 3. The van der Waals surface area contributed by atoms with Crippen LogP contribution in [-0.4, -0.2) is 57.5 Å². The molecule has 2 atom stereocenters. The van der Waals surface area contributed by atoms with Gasteiger partial charge in [0.05, 0.1) is 18.7 Å².